The Balaban J connectivity index is 3.36. The lowest BCUT2D eigenvalue weighted by Gasteiger charge is -2.09. The quantitative estimate of drug-likeness (QED) is 0.663. The van der Waals surface area contributed by atoms with Crippen LogP contribution in [0.1, 0.15) is 18.1 Å². The van der Waals surface area contributed by atoms with Crippen LogP contribution in [0.5, 0.6) is 0 Å². The summed E-state index contributed by atoms with van der Waals surface area (Å²) in [5.41, 5.74) is 2.09. The number of thioether (sulfide) groups is 1. The van der Waals surface area contributed by atoms with Crippen molar-refractivity contribution in [1.82, 2.24) is 0 Å². The van der Waals surface area contributed by atoms with Crippen LogP contribution in [0.3, 0.4) is 0 Å². The van der Waals surface area contributed by atoms with E-state index in [1.165, 1.54) is 17.8 Å². The van der Waals surface area contributed by atoms with Crippen LogP contribution in [0.4, 0.5) is 4.39 Å². The van der Waals surface area contributed by atoms with E-state index < -0.39 is 0 Å². The second kappa shape index (κ2) is 4.47. The van der Waals surface area contributed by atoms with Gasteiger partial charge in [0, 0.05) is 0 Å². The van der Waals surface area contributed by atoms with Crippen molar-refractivity contribution >= 4 is 17.8 Å². The van der Waals surface area contributed by atoms with Crippen LogP contribution in [-0.2, 0) is 6.42 Å². The van der Waals surface area contributed by atoms with E-state index in [2.05, 4.69) is 13.5 Å². The average Bonchev–Trinajstić information content (AvgIpc) is 2.17. The summed E-state index contributed by atoms with van der Waals surface area (Å²) in [5, 5.41) is 0. The van der Waals surface area contributed by atoms with E-state index in [0.29, 0.717) is 4.90 Å². The molecule has 0 saturated heterocycles. The molecule has 1 rings (SSSR count). The molecule has 0 aromatic heterocycles. The lowest BCUT2D eigenvalue weighted by molar-refractivity contribution is 0.600. The molecule has 0 N–H and O–H groups in total. The first kappa shape index (κ1) is 10.3. The lowest BCUT2D eigenvalue weighted by atomic mass is 10.1. The molecule has 2 heteroatoms. The molecule has 0 radical (unpaired) electrons. The standard InChI is InChI=1S/C11H13FS/c1-4-8-6-7-10(12)11(13-3)9(8)5-2/h5-7H,2,4H2,1,3H3. The van der Waals surface area contributed by atoms with Crippen LogP contribution < -0.4 is 0 Å². The SMILES string of the molecule is C=Cc1c(CC)ccc(F)c1SC. The molecule has 0 heterocycles. The molecule has 0 aliphatic heterocycles. The number of hydrogen-bond donors (Lipinski definition) is 0. The van der Waals surface area contributed by atoms with Crippen molar-refractivity contribution in [3.63, 3.8) is 0 Å². The van der Waals surface area contributed by atoms with E-state index in [-0.39, 0.29) is 5.82 Å². The van der Waals surface area contributed by atoms with Gasteiger partial charge < -0.3 is 0 Å². The molecule has 0 spiro atoms. The van der Waals surface area contributed by atoms with Crippen molar-refractivity contribution in [2.75, 3.05) is 6.26 Å². The van der Waals surface area contributed by atoms with Crippen molar-refractivity contribution < 1.29 is 4.39 Å². The molecule has 0 amide bonds. The number of halogens is 1. The Kier molecular flexibility index (Phi) is 3.55. The molecule has 1 aromatic rings. The highest BCUT2D eigenvalue weighted by atomic mass is 32.2. The largest absolute Gasteiger partial charge is 0.206 e. The molecule has 0 saturated carbocycles. The molecular weight excluding hydrogens is 183 g/mol. The molecule has 70 valence electrons. The number of hydrogen-bond acceptors (Lipinski definition) is 1. The molecule has 0 unspecified atom stereocenters. The minimum Gasteiger partial charge on any atom is -0.206 e. The predicted molar refractivity (Wildman–Crippen MR) is 57.7 cm³/mol. The van der Waals surface area contributed by atoms with Gasteiger partial charge in [-0.25, -0.2) is 4.39 Å². The van der Waals surface area contributed by atoms with Gasteiger partial charge in [0.1, 0.15) is 5.82 Å². The summed E-state index contributed by atoms with van der Waals surface area (Å²) in [5.74, 6) is -0.153. The zero-order chi connectivity index (χ0) is 9.84. The van der Waals surface area contributed by atoms with Crippen molar-refractivity contribution in [3.8, 4) is 0 Å². The molecular formula is C11H13FS. The minimum absolute atomic E-state index is 0.153. The highest BCUT2D eigenvalue weighted by Gasteiger charge is 2.08. The Morgan fingerprint density at radius 3 is 2.69 bits per heavy atom. The zero-order valence-electron chi connectivity index (χ0n) is 7.93. The third-order valence-corrected chi connectivity index (χ3v) is 2.85. The summed E-state index contributed by atoms with van der Waals surface area (Å²) < 4.78 is 13.3. The third-order valence-electron chi connectivity index (χ3n) is 2.03. The molecule has 0 aliphatic carbocycles. The highest BCUT2D eigenvalue weighted by molar-refractivity contribution is 7.98. The first-order chi connectivity index (χ1) is 6.24. The molecule has 0 aliphatic rings. The summed E-state index contributed by atoms with van der Waals surface area (Å²) in [7, 11) is 0. The van der Waals surface area contributed by atoms with Crippen molar-refractivity contribution in [2.45, 2.75) is 18.2 Å². The first-order valence-corrected chi connectivity index (χ1v) is 5.44. The monoisotopic (exact) mass is 196 g/mol. The summed E-state index contributed by atoms with van der Waals surface area (Å²) in [6, 6.07) is 3.35. The van der Waals surface area contributed by atoms with Gasteiger partial charge in [-0.3, -0.25) is 0 Å². The van der Waals surface area contributed by atoms with Gasteiger partial charge in [-0.1, -0.05) is 25.6 Å². The van der Waals surface area contributed by atoms with Crippen LogP contribution in [0.25, 0.3) is 6.08 Å². The van der Waals surface area contributed by atoms with E-state index in [0.717, 1.165) is 17.5 Å². The van der Waals surface area contributed by atoms with Gasteiger partial charge in [-0.05, 0) is 29.9 Å². The van der Waals surface area contributed by atoms with Gasteiger partial charge in [0.15, 0.2) is 0 Å². The Bertz CT molecular complexity index is 318. The Morgan fingerprint density at radius 2 is 2.23 bits per heavy atom. The molecule has 0 nitrogen and oxygen atoms in total. The van der Waals surface area contributed by atoms with Crippen LogP contribution in [0, 0.1) is 5.82 Å². The zero-order valence-corrected chi connectivity index (χ0v) is 8.75. The van der Waals surface area contributed by atoms with Gasteiger partial charge in [-0.2, -0.15) is 0 Å². The van der Waals surface area contributed by atoms with Gasteiger partial charge in [-0.15, -0.1) is 11.8 Å². The summed E-state index contributed by atoms with van der Waals surface area (Å²) in [4.78, 5) is 0.703. The van der Waals surface area contributed by atoms with Gasteiger partial charge in [0.25, 0.3) is 0 Å². The highest BCUT2D eigenvalue weighted by Crippen LogP contribution is 2.27. The fourth-order valence-electron chi connectivity index (χ4n) is 1.35. The van der Waals surface area contributed by atoms with Gasteiger partial charge in [0.2, 0.25) is 0 Å². The summed E-state index contributed by atoms with van der Waals surface area (Å²) in [6.07, 6.45) is 4.52. The Labute approximate surface area is 82.9 Å². The van der Waals surface area contributed by atoms with E-state index in [1.54, 1.807) is 6.08 Å². The van der Waals surface area contributed by atoms with Crippen LogP contribution in [0.2, 0.25) is 0 Å². The summed E-state index contributed by atoms with van der Waals surface area (Å²) >= 11 is 1.43. The third kappa shape index (κ3) is 1.94. The minimum atomic E-state index is -0.153. The van der Waals surface area contributed by atoms with Crippen molar-refractivity contribution in [3.05, 3.63) is 35.7 Å². The molecule has 13 heavy (non-hydrogen) atoms. The molecule has 0 bridgehead atoms. The fraction of sp³-hybridized carbons (Fsp3) is 0.273. The predicted octanol–water partition coefficient (Wildman–Crippen LogP) is 3.75. The Hall–Kier alpha value is -0.760. The second-order valence-electron chi connectivity index (χ2n) is 2.71. The van der Waals surface area contributed by atoms with Gasteiger partial charge in [0.05, 0.1) is 4.90 Å². The molecule has 1 aromatic carbocycles. The molecule has 0 atom stereocenters. The van der Waals surface area contributed by atoms with Gasteiger partial charge >= 0.3 is 0 Å². The van der Waals surface area contributed by atoms with E-state index in [1.807, 2.05) is 12.3 Å². The van der Waals surface area contributed by atoms with Crippen LogP contribution in [-0.4, -0.2) is 6.26 Å². The van der Waals surface area contributed by atoms with E-state index in [9.17, 15) is 4.39 Å². The van der Waals surface area contributed by atoms with Crippen LogP contribution in [0.15, 0.2) is 23.6 Å². The average molecular weight is 196 g/mol. The van der Waals surface area contributed by atoms with E-state index >= 15 is 0 Å². The lowest BCUT2D eigenvalue weighted by Crippen LogP contribution is -1.92. The van der Waals surface area contributed by atoms with Crippen molar-refractivity contribution in [1.29, 1.82) is 0 Å². The first-order valence-electron chi connectivity index (χ1n) is 4.22. The normalized spacial score (nSPS) is 10.1. The summed E-state index contributed by atoms with van der Waals surface area (Å²) in [6.45, 7) is 5.77. The maximum Gasteiger partial charge on any atom is 0.137 e. The maximum absolute atomic E-state index is 13.3. The molecule has 0 fully saturated rings. The second-order valence-corrected chi connectivity index (χ2v) is 3.53. The topological polar surface area (TPSA) is 0 Å². The number of aryl methyl sites for hydroxylation is 1. The van der Waals surface area contributed by atoms with E-state index in [4.69, 9.17) is 0 Å². The van der Waals surface area contributed by atoms with Crippen LogP contribution >= 0.6 is 11.8 Å². The number of rotatable bonds is 3. The maximum atomic E-state index is 13.3. The smallest absolute Gasteiger partial charge is 0.137 e. The Morgan fingerprint density at radius 1 is 1.54 bits per heavy atom. The fourth-order valence-corrected chi connectivity index (χ4v) is 2.05. The number of benzene rings is 1. The van der Waals surface area contributed by atoms with Crippen molar-refractivity contribution in [2.24, 2.45) is 0 Å².